The van der Waals surface area contributed by atoms with Crippen LogP contribution in [0.4, 0.5) is 5.69 Å². The average Bonchev–Trinajstić information content (AvgIpc) is 2.89. The summed E-state index contributed by atoms with van der Waals surface area (Å²) in [5.41, 5.74) is 4.19. The Morgan fingerprint density at radius 3 is 2.21 bits per heavy atom. The number of amides is 1. The van der Waals surface area contributed by atoms with Crippen LogP contribution in [0.1, 0.15) is 22.8 Å². The predicted octanol–water partition coefficient (Wildman–Crippen LogP) is 6.59. The minimum Gasteiger partial charge on any atom is -0.495 e. The molecule has 0 spiro atoms. The summed E-state index contributed by atoms with van der Waals surface area (Å²) in [5, 5.41) is 2.91. The van der Waals surface area contributed by atoms with Crippen LogP contribution in [0.15, 0.2) is 97.1 Å². The van der Waals surface area contributed by atoms with Crippen molar-refractivity contribution in [1.29, 1.82) is 0 Å². The molecular formula is C29H27NO4. The average molecular weight is 454 g/mol. The third-order valence-electron chi connectivity index (χ3n) is 5.33. The molecule has 0 unspecified atom stereocenters. The SMILES string of the molecule is CCOc1ccc(C(=O)Nc2ccccc2OC)cc1COc1ccc(-c2ccccc2)cc1. The van der Waals surface area contributed by atoms with Gasteiger partial charge in [0.2, 0.25) is 0 Å². The normalized spacial score (nSPS) is 10.4. The molecule has 0 aliphatic rings. The fourth-order valence-electron chi connectivity index (χ4n) is 3.61. The van der Waals surface area contributed by atoms with Crippen molar-refractivity contribution >= 4 is 11.6 Å². The van der Waals surface area contributed by atoms with Crippen molar-refractivity contribution in [3.8, 4) is 28.4 Å². The second-order valence-corrected chi connectivity index (χ2v) is 7.59. The van der Waals surface area contributed by atoms with Gasteiger partial charge >= 0.3 is 0 Å². The lowest BCUT2D eigenvalue weighted by molar-refractivity contribution is 0.102. The number of anilines is 1. The lowest BCUT2D eigenvalue weighted by Crippen LogP contribution is -2.13. The molecule has 0 saturated carbocycles. The number of para-hydroxylation sites is 2. The number of benzene rings is 4. The van der Waals surface area contributed by atoms with Crippen LogP contribution in [0.5, 0.6) is 17.2 Å². The van der Waals surface area contributed by atoms with Gasteiger partial charge in [0.15, 0.2) is 0 Å². The maximum absolute atomic E-state index is 12.9. The van der Waals surface area contributed by atoms with Gasteiger partial charge in [-0.2, -0.15) is 0 Å². The van der Waals surface area contributed by atoms with E-state index in [0.717, 1.165) is 22.4 Å². The Hall–Kier alpha value is -4.25. The Bertz CT molecular complexity index is 1240. The molecule has 0 atom stereocenters. The van der Waals surface area contributed by atoms with Crippen LogP contribution in [0, 0.1) is 0 Å². The van der Waals surface area contributed by atoms with Gasteiger partial charge < -0.3 is 19.5 Å². The first kappa shape index (κ1) is 22.9. The highest BCUT2D eigenvalue weighted by atomic mass is 16.5. The van der Waals surface area contributed by atoms with Crippen LogP contribution in [0.25, 0.3) is 11.1 Å². The first-order valence-corrected chi connectivity index (χ1v) is 11.2. The molecule has 0 aliphatic carbocycles. The van der Waals surface area contributed by atoms with Crippen LogP contribution >= 0.6 is 0 Å². The van der Waals surface area contributed by atoms with E-state index in [-0.39, 0.29) is 12.5 Å². The third-order valence-corrected chi connectivity index (χ3v) is 5.33. The summed E-state index contributed by atoms with van der Waals surface area (Å²) in [6.45, 7) is 2.72. The topological polar surface area (TPSA) is 56.8 Å². The first-order valence-electron chi connectivity index (χ1n) is 11.2. The zero-order valence-corrected chi connectivity index (χ0v) is 19.3. The van der Waals surface area contributed by atoms with Crippen molar-refractivity contribution < 1.29 is 19.0 Å². The summed E-state index contributed by atoms with van der Waals surface area (Å²) in [7, 11) is 1.57. The highest BCUT2D eigenvalue weighted by Gasteiger charge is 2.13. The molecule has 0 heterocycles. The van der Waals surface area contributed by atoms with Crippen molar-refractivity contribution in [2.45, 2.75) is 13.5 Å². The molecule has 0 fully saturated rings. The fraction of sp³-hybridized carbons (Fsp3) is 0.138. The Morgan fingerprint density at radius 2 is 1.47 bits per heavy atom. The van der Waals surface area contributed by atoms with Crippen molar-refractivity contribution in [2.24, 2.45) is 0 Å². The predicted molar refractivity (Wildman–Crippen MR) is 135 cm³/mol. The number of ether oxygens (including phenoxy) is 3. The van der Waals surface area contributed by atoms with Crippen molar-refractivity contribution in [2.75, 3.05) is 19.0 Å². The van der Waals surface area contributed by atoms with Gasteiger partial charge in [0.05, 0.1) is 19.4 Å². The van der Waals surface area contributed by atoms with Crippen LogP contribution < -0.4 is 19.5 Å². The summed E-state index contributed by atoms with van der Waals surface area (Å²) in [6.07, 6.45) is 0. The number of nitrogens with one attached hydrogen (secondary N) is 1. The highest BCUT2D eigenvalue weighted by molar-refractivity contribution is 6.05. The van der Waals surface area contributed by atoms with E-state index < -0.39 is 0 Å². The minimum absolute atomic E-state index is 0.235. The van der Waals surface area contributed by atoms with E-state index >= 15 is 0 Å². The van der Waals surface area contributed by atoms with Gasteiger partial charge in [-0.3, -0.25) is 4.79 Å². The van der Waals surface area contributed by atoms with E-state index in [0.29, 0.717) is 29.4 Å². The van der Waals surface area contributed by atoms with E-state index in [1.165, 1.54) is 0 Å². The number of hydrogen-bond donors (Lipinski definition) is 1. The van der Waals surface area contributed by atoms with Crippen LogP contribution in [0.2, 0.25) is 0 Å². The third kappa shape index (κ3) is 5.56. The van der Waals surface area contributed by atoms with E-state index in [9.17, 15) is 4.79 Å². The summed E-state index contributed by atoms with van der Waals surface area (Å²) >= 11 is 0. The monoisotopic (exact) mass is 453 g/mol. The lowest BCUT2D eigenvalue weighted by atomic mass is 10.1. The second kappa shape index (κ2) is 11.1. The Kier molecular flexibility index (Phi) is 7.45. The van der Waals surface area contributed by atoms with Gasteiger partial charge in [-0.15, -0.1) is 0 Å². The van der Waals surface area contributed by atoms with Gasteiger partial charge in [-0.05, 0) is 60.5 Å². The number of hydrogen-bond acceptors (Lipinski definition) is 4. The van der Waals surface area contributed by atoms with E-state index in [1.54, 1.807) is 37.4 Å². The molecule has 0 aromatic heterocycles. The molecule has 5 heteroatoms. The number of carbonyl (C=O) groups excluding carboxylic acids is 1. The maximum atomic E-state index is 12.9. The molecule has 0 radical (unpaired) electrons. The molecule has 0 saturated heterocycles. The molecule has 4 rings (SSSR count). The van der Waals surface area contributed by atoms with Crippen molar-refractivity contribution in [3.05, 3.63) is 108 Å². The van der Waals surface area contributed by atoms with E-state index in [1.807, 2.05) is 61.5 Å². The first-order chi connectivity index (χ1) is 16.7. The standard InChI is InChI=1S/C29H27NO4/c1-3-33-27-18-15-23(29(31)30-26-11-7-8-12-28(26)32-2)19-24(27)20-34-25-16-13-22(14-17-25)21-9-5-4-6-10-21/h4-19H,3,20H2,1-2H3,(H,30,31). The molecule has 1 amide bonds. The van der Waals surface area contributed by atoms with Crippen LogP contribution in [-0.4, -0.2) is 19.6 Å². The zero-order valence-electron chi connectivity index (χ0n) is 19.3. The highest BCUT2D eigenvalue weighted by Crippen LogP contribution is 2.27. The molecule has 34 heavy (non-hydrogen) atoms. The van der Waals surface area contributed by atoms with Gasteiger partial charge in [0.1, 0.15) is 23.9 Å². The van der Waals surface area contributed by atoms with Crippen LogP contribution in [-0.2, 0) is 6.61 Å². The van der Waals surface area contributed by atoms with Gasteiger partial charge in [0.25, 0.3) is 5.91 Å². The van der Waals surface area contributed by atoms with Gasteiger partial charge in [-0.1, -0.05) is 54.6 Å². The minimum atomic E-state index is -0.235. The van der Waals surface area contributed by atoms with E-state index in [4.69, 9.17) is 14.2 Å². The van der Waals surface area contributed by atoms with Crippen LogP contribution in [0.3, 0.4) is 0 Å². The number of methoxy groups -OCH3 is 1. The summed E-state index contributed by atoms with van der Waals surface area (Å²) < 4.78 is 17.1. The van der Waals surface area contributed by atoms with Gasteiger partial charge in [0, 0.05) is 11.1 Å². The maximum Gasteiger partial charge on any atom is 0.255 e. The molecule has 0 bridgehead atoms. The smallest absolute Gasteiger partial charge is 0.255 e. The summed E-state index contributed by atoms with van der Waals surface area (Å²) in [5.74, 6) is 1.80. The molecule has 4 aromatic rings. The largest absolute Gasteiger partial charge is 0.495 e. The number of rotatable bonds is 9. The van der Waals surface area contributed by atoms with Crippen molar-refractivity contribution in [3.63, 3.8) is 0 Å². The lowest BCUT2D eigenvalue weighted by Gasteiger charge is -2.14. The molecular weight excluding hydrogens is 426 g/mol. The molecule has 172 valence electrons. The van der Waals surface area contributed by atoms with E-state index in [2.05, 4.69) is 17.4 Å². The second-order valence-electron chi connectivity index (χ2n) is 7.59. The Balaban J connectivity index is 1.49. The molecule has 1 N–H and O–H groups in total. The number of carbonyl (C=O) groups is 1. The molecule has 0 aliphatic heterocycles. The fourth-order valence-corrected chi connectivity index (χ4v) is 3.61. The summed E-state index contributed by atoms with van der Waals surface area (Å²) in [4.78, 5) is 12.9. The van der Waals surface area contributed by atoms with Crippen molar-refractivity contribution in [1.82, 2.24) is 0 Å². The Labute approximate surface area is 199 Å². The van der Waals surface area contributed by atoms with Gasteiger partial charge in [-0.25, -0.2) is 0 Å². The quantitative estimate of drug-likeness (QED) is 0.310. The molecule has 5 nitrogen and oxygen atoms in total. The molecule has 4 aromatic carbocycles. The Morgan fingerprint density at radius 1 is 0.765 bits per heavy atom. The summed E-state index contributed by atoms with van der Waals surface area (Å²) in [6, 6.07) is 30.8. The zero-order chi connectivity index (χ0) is 23.8.